The Balaban J connectivity index is 1.52. The second kappa shape index (κ2) is 9.99. The summed E-state index contributed by atoms with van der Waals surface area (Å²) in [5.74, 6) is 0.389. The molecule has 0 fully saturated rings. The number of aromatic nitrogens is 2. The summed E-state index contributed by atoms with van der Waals surface area (Å²) in [5.41, 5.74) is 2.33. The van der Waals surface area contributed by atoms with Crippen LogP contribution in [0.25, 0.3) is 5.65 Å². The number of hydrogen-bond acceptors (Lipinski definition) is 4. The van der Waals surface area contributed by atoms with E-state index in [0.29, 0.717) is 24.3 Å². The maximum absolute atomic E-state index is 12.6. The van der Waals surface area contributed by atoms with Gasteiger partial charge in [-0.1, -0.05) is 18.2 Å². The normalized spacial score (nSPS) is 11.9. The van der Waals surface area contributed by atoms with Crippen molar-refractivity contribution >= 4 is 23.3 Å². The van der Waals surface area contributed by atoms with Crippen molar-refractivity contribution in [3.8, 4) is 0 Å². The predicted molar refractivity (Wildman–Crippen MR) is 112 cm³/mol. The van der Waals surface area contributed by atoms with E-state index in [-0.39, 0.29) is 12.5 Å². The van der Waals surface area contributed by atoms with Crippen molar-refractivity contribution in [1.29, 1.82) is 0 Å². The van der Waals surface area contributed by atoms with Crippen LogP contribution in [0.2, 0.25) is 0 Å². The highest BCUT2D eigenvalue weighted by Gasteiger charge is 2.28. The number of hydrogen-bond donors (Lipinski definition) is 1. The van der Waals surface area contributed by atoms with Crippen LogP contribution in [0.5, 0.6) is 0 Å². The number of imidazole rings is 1. The third-order valence-corrected chi connectivity index (χ3v) is 5.48. The van der Waals surface area contributed by atoms with Gasteiger partial charge < -0.3 is 9.72 Å². The summed E-state index contributed by atoms with van der Waals surface area (Å²) < 4.78 is 39.0. The second-order valence-electron chi connectivity index (χ2n) is 6.95. The lowest BCUT2D eigenvalue weighted by molar-refractivity contribution is -0.143. The average Bonchev–Trinajstić information content (AvgIpc) is 3.11. The van der Waals surface area contributed by atoms with E-state index >= 15 is 0 Å². The molecule has 0 atom stereocenters. The zero-order valence-electron chi connectivity index (χ0n) is 16.5. The molecular formula is C21H23F3N4OS. The van der Waals surface area contributed by atoms with E-state index in [1.165, 1.54) is 23.7 Å². The van der Waals surface area contributed by atoms with Crippen LogP contribution in [0.15, 0.2) is 59.8 Å². The lowest BCUT2D eigenvalue weighted by atomic mass is 10.2. The van der Waals surface area contributed by atoms with Gasteiger partial charge in [0.25, 0.3) is 5.91 Å². The summed E-state index contributed by atoms with van der Waals surface area (Å²) in [7, 11) is 1.42. The van der Waals surface area contributed by atoms with Gasteiger partial charge >= 0.3 is 6.18 Å². The molecule has 1 N–H and O–H groups in total. The maximum atomic E-state index is 12.6. The first-order chi connectivity index (χ1) is 14.3. The minimum Gasteiger partial charge on any atom is -0.352 e. The summed E-state index contributed by atoms with van der Waals surface area (Å²) in [6.07, 6.45) is 0.121. The fraction of sp³-hybridized carbons (Fsp3) is 0.333. The monoisotopic (exact) mass is 436 g/mol. The highest BCUT2D eigenvalue weighted by molar-refractivity contribution is 7.98. The van der Waals surface area contributed by atoms with Gasteiger partial charge in [-0.05, 0) is 44.3 Å². The van der Waals surface area contributed by atoms with Crippen molar-refractivity contribution in [2.75, 3.05) is 26.7 Å². The molecule has 1 aromatic carbocycles. The quantitative estimate of drug-likeness (QED) is 0.403. The smallest absolute Gasteiger partial charge is 0.352 e. The van der Waals surface area contributed by atoms with Crippen molar-refractivity contribution in [1.82, 2.24) is 19.6 Å². The number of rotatable bonds is 9. The van der Waals surface area contributed by atoms with Crippen molar-refractivity contribution in [2.24, 2.45) is 0 Å². The molecular weight excluding hydrogens is 413 g/mol. The van der Waals surface area contributed by atoms with E-state index in [1.807, 2.05) is 47.1 Å². The van der Waals surface area contributed by atoms with Gasteiger partial charge in [0.05, 0.1) is 17.8 Å². The van der Waals surface area contributed by atoms with Crippen LogP contribution >= 0.6 is 11.8 Å². The first kappa shape index (κ1) is 22.2. The molecule has 3 rings (SSSR count). The molecule has 0 aliphatic rings. The second-order valence-corrected chi connectivity index (χ2v) is 7.96. The molecule has 30 heavy (non-hydrogen) atoms. The van der Waals surface area contributed by atoms with Gasteiger partial charge in [0.15, 0.2) is 0 Å². The Hall–Kier alpha value is -2.52. The number of carbonyl (C=O) groups is 1. The van der Waals surface area contributed by atoms with Gasteiger partial charge in [0.1, 0.15) is 5.65 Å². The van der Waals surface area contributed by atoms with Crippen molar-refractivity contribution < 1.29 is 18.0 Å². The third kappa shape index (κ3) is 6.50. The molecule has 160 valence electrons. The van der Waals surface area contributed by atoms with Gasteiger partial charge in [-0.15, -0.1) is 11.8 Å². The number of amides is 1. The Bertz CT molecular complexity index is 957. The minimum absolute atomic E-state index is 0.230. The molecule has 0 bridgehead atoms. The van der Waals surface area contributed by atoms with Gasteiger partial charge in [0.2, 0.25) is 0 Å². The topological polar surface area (TPSA) is 49.6 Å². The standard InChI is InChI=1S/C21H23F3N4OS/c1-27(15-21(22,23)24)11-6-10-25-20(29)17-7-2-3-8-18(17)30-14-16-13-28-12-5-4-9-19(28)26-16/h2-5,7-9,12-13H,6,10-11,14-15H2,1H3,(H,25,29). The first-order valence-corrected chi connectivity index (χ1v) is 10.5. The molecule has 9 heteroatoms. The van der Waals surface area contributed by atoms with Crippen LogP contribution in [0.4, 0.5) is 13.2 Å². The molecule has 2 aromatic heterocycles. The maximum Gasteiger partial charge on any atom is 0.401 e. The van der Waals surface area contributed by atoms with E-state index in [1.54, 1.807) is 12.1 Å². The number of nitrogens with zero attached hydrogens (tertiary/aromatic N) is 3. The summed E-state index contributed by atoms with van der Waals surface area (Å²) in [5, 5.41) is 2.80. The van der Waals surface area contributed by atoms with Crippen LogP contribution < -0.4 is 5.32 Å². The molecule has 0 aliphatic heterocycles. The molecule has 3 aromatic rings. The zero-order chi connectivity index (χ0) is 21.6. The molecule has 1 amide bonds. The lowest BCUT2D eigenvalue weighted by Crippen LogP contribution is -2.33. The fourth-order valence-electron chi connectivity index (χ4n) is 3.02. The zero-order valence-corrected chi connectivity index (χ0v) is 17.3. The van der Waals surface area contributed by atoms with E-state index in [4.69, 9.17) is 0 Å². The molecule has 0 spiro atoms. The molecule has 0 saturated heterocycles. The Morgan fingerprint density at radius 3 is 2.73 bits per heavy atom. The molecule has 0 unspecified atom stereocenters. The number of pyridine rings is 1. The predicted octanol–water partition coefficient (Wildman–Crippen LogP) is 4.24. The summed E-state index contributed by atoms with van der Waals surface area (Å²) in [4.78, 5) is 19.1. The number of thioether (sulfide) groups is 1. The Kier molecular flexibility index (Phi) is 7.38. The third-order valence-electron chi connectivity index (χ3n) is 4.37. The average molecular weight is 437 g/mol. The molecule has 5 nitrogen and oxygen atoms in total. The SMILES string of the molecule is CN(CCCNC(=O)c1ccccc1SCc1cn2ccccc2n1)CC(F)(F)F. The molecule has 0 radical (unpaired) electrons. The number of fused-ring (bicyclic) bond motifs is 1. The van der Waals surface area contributed by atoms with E-state index in [0.717, 1.165) is 16.2 Å². The van der Waals surface area contributed by atoms with E-state index in [9.17, 15) is 18.0 Å². The van der Waals surface area contributed by atoms with Crippen LogP contribution in [0, 0.1) is 0 Å². The minimum atomic E-state index is -4.21. The van der Waals surface area contributed by atoms with E-state index < -0.39 is 12.7 Å². The van der Waals surface area contributed by atoms with Gasteiger partial charge in [-0.2, -0.15) is 13.2 Å². The van der Waals surface area contributed by atoms with Crippen molar-refractivity contribution in [2.45, 2.75) is 23.2 Å². The number of nitrogens with one attached hydrogen (secondary N) is 1. The molecule has 2 heterocycles. The highest BCUT2D eigenvalue weighted by Crippen LogP contribution is 2.26. The summed E-state index contributed by atoms with van der Waals surface area (Å²) >= 11 is 1.52. The summed E-state index contributed by atoms with van der Waals surface area (Å²) in [6.45, 7) is -0.389. The number of benzene rings is 1. The first-order valence-electron chi connectivity index (χ1n) is 9.50. The fourth-order valence-corrected chi connectivity index (χ4v) is 3.95. The van der Waals surface area contributed by atoms with E-state index in [2.05, 4.69) is 10.3 Å². The largest absolute Gasteiger partial charge is 0.401 e. The number of halogens is 3. The van der Waals surface area contributed by atoms with Gasteiger partial charge in [0, 0.05) is 29.6 Å². The van der Waals surface area contributed by atoms with Crippen molar-refractivity contribution in [3.63, 3.8) is 0 Å². The molecule has 0 saturated carbocycles. The lowest BCUT2D eigenvalue weighted by Gasteiger charge is -2.18. The van der Waals surface area contributed by atoms with Gasteiger partial charge in [-0.25, -0.2) is 4.98 Å². The van der Waals surface area contributed by atoms with Gasteiger partial charge in [-0.3, -0.25) is 9.69 Å². The highest BCUT2D eigenvalue weighted by atomic mass is 32.2. The molecule has 0 aliphatic carbocycles. The Labute approximate surface area is 177 Å². The van der Waals surface area contributed by atoms with Crippen LogP contribution in [-0.4, -0.2) is 53.1 Å². The Morgan fingerprint density at radius 2 is 1.97 bits per heavy atom. The van der Waals surface area contributed by atoms with Crippen molar-refractivity contribution in [3.05, 3.63) is 66.1 Å². The number of alkyl halides is 3. The Morgan fingerprint density at radius 1 is 1.20 bits per heavy atom. The van der Waals surface area contributed by atoms with Crippen LogP contribution in [0.1, 0.15) is 22.5 Å². The van der Waals surface area contributed by atoms with Crippen LogP contribution in [0.3, 0.4) is 0 Å². The van der Waals surface area contributed by atoms with Crippen LogP contribution in [-0.2, 0) is 5.75 Å². The number of carbonyl (C=O) groups excluding carboxylic acids is 1. The summed E-state index contributed by atoms with van der Waals surface area (Å²) in [6, 6.07) is 13.1.